The van der Waals surface area contributed by atoms with E-state index in [-0.39, 0.29) is 5.76 Å². The van der Waals surface area contributed by atoms with Gasteiger partial charge in [-0.1, -0.05) is 12.1 Å². The van der Waals surface area contributed by atoms with Gasteiger partial charge in [0.15, 0.2) is 0 Å². The third kappa shape index (κ3) is 2.73. The zero-order valence-corrected chi connectivity index (χ0v) is 11.3. The number of carbonyl (C=O) groups is 1. The van der Waals surface area contributed by atoms with Crippen molar-refractivity contribution in [2.45, 2.75) is 13.5 Å². The number of halogens is 1. The Morgan fingerprint density at radius 3 is 2.83 bits per heavy atom. The Hall–Kier alpha value is -1.75. The summed E-state index contributed by atoms with van der Waals surface area (Å²) in [6.07, 6.45) is 0. The lowest BCUT2D eigenvalue weighted by molar-refractivity contribution is 0.0660. The summed E-state index contributed by atoms with van der Waals surface area (Å²) in [6, 6.07) is 9.00. The molecule has 1 aromatic heterocycles. The summed E-state index contributed by atoms with van der Waals surface area (Å²) in [5.74, 6) is -0.520. The summed E-state index contributed by atoms with van der Waals surface area (Å²) in [4.78, 5) is 10.7. The first-order valence-electron chi connectivity index (χ1n) is 5.39. The minimum atomic E-state index is -1.06. The molecule has 0 aliphatic rings. The van der Waals surface area contributed by atoms with Crippen molar-refractivity contribution < 1.29 is 14.3 Å². The van der Waals surface area contributed by atoms with E-state index >= 15 is 0 Å². The number of furan rings is 1. The number of nitrogens with one attached hydrogen (secondary N) is 1. The fraction of sp³-hybridized carbons (Fsp3) is 0.154. The van der Waals surface area contributed by atoms with Gasteiger partial charge in [0.25, 0.3) is 0 Å². The average Bonchev–Trinajstić information content (AvgIpc) is 2.80. The molecule has 2 aromatic rings. The molecule has 1 heterocycles. The number of carboxylic acid groups (broad SMARTS) is 1. The molecule has 0 fully saturated rings. The molecule has 0 aliphatic carbocycles. The molecule has 0 saturated carbocycles. The van der Waals surface area contributed by atoms with Gasteiger partial charge < -0.3 is 14.8 Å². The highest BCUT2D eigenvalue weighted by atomic mass is 79.9. The Labute approximate surface area is 113 Å². The van der Waals surface area contributed by atoms with Gasteiger partial charge in [-0.05, 0) is 46.6 Å². The Morgan fingerprint density at radius 1 is 1.39 bits per heavy atom. The van der Waals surface area contributed by atoms with Crippen LogP contribution in [0.1, 0.15) is 21.9 Å². The number of benzene rings is 1. The largest absolute Gasteiger partial charge is 0.475 e. The highest BCUT2D eigenvalue weighted by Crippen LogP contribution is 2.26. The van der Waals surface area contributed by atoms with Crippen molar-refractivity contribution in [2.75, 3.05) is 5.32 Å². The zero-order chi connectivity index (χ0) is 13.1. The van der Waals surface area contributed by atoms with Crippen LogP contribution in [0.4, 0.5) is 5.69 Å². The van der Waals surface area contributed by atoms with E-state index in [2.05, 4.69) is 21.2 Å². The van der Waals surface area contributed by atoms with Crippen LogP contribution in [0.5, 0.6) is 0 Å². The van der Waals surface area contributed by atoms with Crippen LogP contribution >= 0.6 is 15.9 Å². The van der Waals surface area contributed by atoms with Gasteiger partial charge in [-0.3, -0.25) is 0 Å². The summed E-state index contributed by atoms with van der Waals surface area (Å²) >= 11 is 3.49. The Morgan fingerprint density at radius 2 is 2.17 bits per heavy atom. The van der Waals surface area contributed by atoms with Crippen molar-refractivity contribution in [1.29, 1.82) is 0 Å². The van der Waals surface area contributed by atoms with Crippen molar-refractivity contribution in [3.63, 3.8) is 0 Å². The second-order valence-electron chi connectivity index (χ2n) is 3.86. The number of hydrogen-bond donors (Lipinski definition) is 2. The third-order valence-electron chi connectivity index (χ3n) is 2.52. The molecule has 5 heteroatoms. The molecule has 0 saturated heterocycles. The predicted octanol–water partition coefficient (Wildman–Crippen LogP) is 3.66. The summed E-state index contributed by atoms with van der Waals surface area (Å²) in [5, 5.41) is 11.9. The molecule has 2 N–H and O–H groups in total. The number of aromatic carboxylic acids is 1. The van der Waals surface area contributed by atoms with Gasteiger partial charge in [-0.25, -0.2) is 4.79 Å². The molecule has 94 valence electrons. The van der Waals surface area contributed by atoms with Crippen molar-refractivity contribution >= 4 is 27.6 Å². The molecule has 0 atom stereocenters. The van der Waals surface area contributed by atoms with E-state index in [4.69, 9.17) is 9.52 Å². The van der Waals surface area contributed by atoms with Gasteiger partial charge >= 0.3 is 5.97 Å². The second-order valence-corrected chi connectivity index (χ2v) is 4.65. The van der Waals surface area contributed by atoms with E-state index in [0.717, 1.165) is 15.7 Å². The topological polar surface area (TPSA) is 62.5 Å². The normalized spacial score (nSPS) is 10.3. The number of carboxylic acids is 1. The maximum absolute atomic E-state index is 10.7. The van der Waals surface area contributed by atoms with Crippen molar-refractivity contribution in [2.24, 2.45) is 0 Å². The minimum absolute atomic E-state index is 0.0462. The van der Waals surface area contributed by atoms with E-state index in [1.54, 1.807) is 6.07 Å². The highest BCUT2D eigenvalue weighted by molar-refractivity contribution is 9.10. The fourth-order valence-corrected chi connectivity index (χ4v) is 1.96. The van der Waals surface area contributed by atoms with E-state index in [0.29, 0.717) is 12.3 Å². The molecule has 4 nitrogen and oxygen atoms in total. The first-order valence-corrected chi connectivity index (χ1v) is 6.18. The number of aryl methyl sites for hydroxylation is 1. The van der Waals surface area contributed by atoms with Gasteiger partial charge in [-0.2, -0.15) is 0 Å². The van der Waals surface area contributed by atoms with Gasteiger partial charge in [0.1, 0.15) is 5.76 Å². The molecule has 18 heavy (non-hydrogen) atoms. The zero-order valence-electron chi connectivity index (χ0n) is 9.74. The van der Waals surface area contributed by atoms with Crippen LogP contribution < -0.4 is 5.32 Å². The van der Waals surface area contributed by atoms with Gasteiger partial charge in [0, 0.05) is 10.2 Å². The molecule has 0 amide bonds. The Bertz CT molecular complexity index is 577. The molecule has 0 bridgehead atoms. The fourth-order valence-electron chi connectivity index (χ4n) is 1.55. The van der Waals surface area contributed by atoms with Gasteiger partial charge in [0.05, 0.1) is 6.54 Å². The van der Waals surface area contributed by atoms with Crippen LogP contribution in [0.2, 0.25) is 0 Å². The lowest BCUT2D eigenvalue weighted by atomic mass is 10.2. The van der Waals surface area contributed by atoms with E-state index in [1.165, 1.54) is 6.07 Å². The van der Waals surface area contributed by atoms with Crippen molar-refractivity contribution in [3.8, 4) is 0 Å². The molecule has 0 aliphatic heterocycles. The monoisotopic (exact) mass is 309 g/mol. The van der Waals surface area contributed by atoms with Crippen LogP contribution in [-0.4, -0.2) is 11.1 Å². The van der Waals surface area contributed by atoms with E-state index < -0.39 is 5.97 Å². The molecule has 0 unspecified atom stereocenters. The van der Waals surface area contributed by atoms with Crippen LogP contribution in [-0.2, 0) is 6.54 Å². The summed E-state index contributed by atoms with van der Waals surface area (Å²) in [5.41, 5.74) is 2.08. The first kappa shape index (κ1) is 12.7. The standard InChI is InChI=1S/C13H12BrNO3/c1-8-3-2-4-10(12(8)14)15-7-9-5-6-11(18-9)13(16)17/h2-6,15H,7H2,1H3,(H,16,17). The average molecular weight is 310 g/mol. The lowest BCUT2D eigenvalue weighted by Gasteiger charge is -2.08. The van der Waals surface area contributed by atoms with Crippen LogP contribution in [0.25, 0.3) is 0 Å². The summed E-state index contributed by atoms with van der Waals surface area (Å²) in [6.45, 7) is 2.44. The molecule has 1 aromatic carbocycles. The molecular weight excluding hydrogens is 298 g/mol. The number of rotatable bonds is 4. The van der Waals surface area contributed by atoms with Crippen LogP contribution in [0.3, 0.4) is 0 Å². The smallest absolute Gasteiger partial charge is 0.371 e. The van der Waals surface area contributed by atoms with Crippen LogP contribution in [0.15, 0.2) is 39.2 Å². The maximum atomic E-state index is 10.7. The SMILES string of the molecule is Cc1cccc(NCc2ccc(C(=O)O)o2)c1Br. The maximum Gasteiger partial charge on any atom is 0.371 e. The first-order chi connectivity index (χ1) is 8.58. The number of anilines is 1. The minimum Gasteiger partial charge on any atom is -0.475 e. The van der Waals surface area contributed by atoms with Crippen molar-refractivity contribution in [1.82, 2.24) is 0 Å². The Balaban J connectivity index is 2.07. The summed E-state index contributed by atoms with van der Waals surface area (Å²) < 4.78 is 6.15. The van der Waals surface area contributed by atoms with Gasteiger partial charge in [0.2, 0.25) is 5.76 Å². The summed E-state index contributed by atoms with van der Waals surface area (Å²) in [7, 11) is 0. The third-order valence-corrected chi connectivity index (χ3v) is 3.57. The number of hydrogen-bond acceptors (Lipinski definition) is 3. The Kier molecular flexibility index (Phi) is 3.72. The molecular formula is C13H12BrNO3. The molecule has 0 radical (unpaired) electrons. The molecule has 2 rings (SSSR count). The van der Waals surface area contributed by atoms with Gasteiger partial charge in [-0.15, -0.1) is 0 Å². The predicted molar refractivity (Wildman–Crippen MR) is 71.9 cm³/mol. The van der Waals surface area contributed by atoms with Crippen LogP contribution in [0, 0.1) is 6.92 Å². The quantitative estimate of drug-likeness (QED) is 0.904. The lowest BCUT2D eigenvalue weighted by Crippen LogP contribution is -1.99. The second kappa shape index (κ2) is 5.27. The van der Waals surface area contributed by atoms with E-state index in [1.807, 2.05) is 25.1 Å². The van der Waals surface area contributed by atoms with E-state index in [9.17, 15) is 4.79 Å². The molecule has 0 spiro atoms. The van der Waals surface area contributed by atoms with Crippen molar-refractivity contribution in [3.05, 3.63) is 51.9 Å². The highest BCUT2D eigenvalue weighted by Gasteiger charge is 2.09.